The number of hydrogen-bond acceptors (Lipinski definition) is 7. The normalized spacial score (nSPS) is 17.8. The quantitative estimate of drug-likeness (QED) is 0.618. The number of carbonyl (C=O) groups excluding carboxylic acids is 2. The van der Waals surface area contributed by atoms with Gasteiger partial charge in [0.25, 0.3) is 10.0 Å². The van der Waals surface area contributed by atoms with Gasteiger partial charge in [-0.05, 0) is 43.3 Å². The van der Waals surface area contributed by atoms with Gasteiger partial charge in [-0.15, -0.1) is 0 Å². The summed E-state index contributed by atoms with van der Waals surface area (Å²) in [5.41, 5.74) is 0.469. The van der Waals surface area contributed by atoms with Crippen LogP contribution in [0.15, 0.2) is 47.4 Å². The second-order valence-electron chi connectivity index (χ2n) is 7.21. The molecule has 0 radical (unpaired) electrons. The van der Waals surface area contributed by atoms with E-state index in [1.54, 1.807) is 19.1 Å². The molecule has 2 N–H and O–H groups in total. The summed E-state index contributed by atoms with van der Waals surface area (Å²) >= 11 is 0. The number of amides is 2. The molecule has 1 aliphatic heterocycles. The maximum atomic E-state index is 13.2. The second kappa shape index (κ2) is 8.79. The minimum absolute atomic E-state index is 0.00106. The zero-order chi connectivity index (χ0) is 23.7. The highest BCUT2D eigenvalue weighted by molar-refractivity contribution is 7.94. The lowest BCUT2D eigenvalue weighted by molar-refractivity contribution is -0.119. The van der Waals surface area contributed by atoms with Crippen LogP contribution in [0.1, 0.15) is 20.8 Å². The van der Waals surface area contributed by atoms with Crippen molar-refractivity contribution in [2.45, 2.75) is 25.7 Å². The Labute approximate surface area is 186 Å². The Morgan fingerprint density at radius 1 is 1.19 bits per heavy atom. The molecule has 1 saturated heterocycles. The molecular formula is C20H23N3O7S2. The zero-order valence-electron chi connectivity index (χ0n) is 17.7. The van der Waals surface area contributed by atoms with Crippen molar-refractivity contribution >= 4 is 48.9 Å². The van der Waals surface area contributed by atoms with Crippen molar-refractivity contribution in [3.05, 3.63) is 42.5 Å². The number of nitrogens with zero attached hydrogens (tertiary/aromatic N) is 1. The summed E-state index contributed by atoms with van der Waals surface area (Å²) in [5, 5.41) is 2.56. The van der Waals surface area contributed by atoms with Gasteiger partial charge < -0.3 is 10.1 Å². The summed E-state index contributed by atoms with van der Waals surface area (Å²) in [6, 6.07) is 9.80. The molecule has 2 aromatic carbocycles. The zero-order valence-corrected chi connectivity index (χ0v) is 19.3. The molecule has 1 unspecified atom stereocenters. The molecule has 10 nitrogen and oxygen atoms in total. The highest BCUT2D eigenvalue weighted by atomic mass is 32.2. The predicted molar refractivity (Wildman–Crippen MR) is 120 cm³/mol. The summed E-state index contributed by atoms with van der Waals surface area (Å²) in [6.45, 7) is 4.66. The number of anilines is 3. The first-order valence-corrected chi connectivity index (χ1v) is 12.8. The van der Waals surface area contributed by atoms with E-state index in [9.17, 15) is 26.4 Å². The molecule has 0 aliphatic carbocycles. The van der Waals surface area contributed by atoms with Gasteiger partial charge in [-0.1, -0.05) is 13.0 Å². The lowest BCUT2D eigenvalue weighted by Gasteiger charge is -2.19. The van der Waals surface area contributed by atoms with Gasteiger partial charge in [-0.3, -0.25) is 14.3 Å². The molecule has 0 saturated carbocycles. The minimum atomic E-state index is -4.25. The van der Waals surface area contributed by atoms with Crippen LogP contribution in [0.3, 0.4) is 0 Å². The maximum Gasteiger partial charge on any atom is 0.265 e. The fraction of sp³-hybridized carbons (Fsp3) is 0.300. The average molecular weight is 482 g/mol. The van der Waals surface area contributed by atoms with Crippen LogP contribution in [-0.2, 0) is 29.6 Å². The molecule has 1 heterocycles. The fourth-order valence-corrected chi connectivity index (χ4v) is 6.30. The van der Waals surface area contributed by atoms with Crippen molar-refractivity contribution in [1.82, 2.24) is 0 Å². The summed E-state index contributed by atoms with van der Waals surface area (Å²) in [6.07, 6.45) is 0. The molecule has 172 valence electrons. The van der Waals surface area contributed by atoms with E-state index in [0.717, 1.165) is 6.07 Å². The number of nitrogens with one attached hydrogen (secondary N) is 2. The van der Waals surface area contributed by atoms with Crippen LogP contribution in [0.25, 0.3) is 0 Å². The van der Waals surface area contributed by atoms with Crippen LogP contribution in [0, 0.1) is 5.92 Å². The summed E-state index contributed by atoms with van der Waals surface area (Å²) < 4.78 is 59.7. The standard InChI is InChI=1S/C20H23N3O7S2/c1-4-30-18-9-8-17(23-20(25)13(2)12-31(23,26)27)11-19(18)32(28,29)22-16-7-5-6-15(10-16)21-14(3)24/h5-11,13,22H,4,12H2,1-3H3,(H,21,24). The van der Waals surface area contributed by atoms with E-state index in [0.29, 0.717) is 9.99 Å². The van der Waals surface area contributed by atoms with Gasteiger partial charge in [0.2, 0.25) is 21.8 Å². The number of benzene rings is 2. The Hall–Kier alpha value is -3.12. The number of ether oxygens (including phenoxy) is 1. The van der Waals surface area contributed by atoms with E-state index in [2.05, 4.69) is 10.0 Å². The van der Waals surface area contributed by atoms with Crippen LogP contribution < -0.4 is 19.1 Å². The first kappa shape index (κ1) is 23.5. The van der Waals surface area contributed by atoms with Crippen molar-refractivity contribution < 1.29 is 31.2 Å². The topological polar surface area (TPSA) is 139 Å². The smallest absolute Gasteiger partial charge is 0.265 e. The second-order valence-corrected chi connectivity index (χ2v) is 10.7. The Balaban J connectivity index is 2.04. The Kier molecular flexibility index (Phi) is 6.46. The molecular weight excluding hydrogens is 458 g/mol. The van der Waals surface area contributed by atoms with E-state index >= 15 is 0 Å². The number of carbonyl (C=O) groups is 2. The summed E-state index contributed by atoms with van der Waals surface area (Å²) in [5.74, 6) is -2.04. The van der Waals surface area contributed by atoms with Crippen molar-refractivity contribution in [2.24, 2.45) is 5.92 Å². The van der Waals surface area contributed by atoms with E-state index in [-0.39, 0.29) is 40.3 Å². The molecule has 1 atom stereocenters. The summed E-state index contributed by atoms with van der Waals surface area (Å²) in [4.78, 5) is 23.4. The van der Waals surface area contributed by atoms with E-state index in [1.807, 2.05) is 0 Å². The largest absolute Gasteiger partial charge is 0.492 e. The third-order valence-corrected chi connectivity index (χ3v) is 7.82. The maximum absolute atomic E-state index is 13.2. The molecule has 1 aliphatic rings. The van der Waals surface area contributed by atoms with E-state index in [4.69, 9.17) is 4.74 Å². The Morgan fingerprint density at radius 3 is 2.47 bits per heavy atom. The van der Waals surface area contributed by atoms with Gasteiger partial charge in [-0.2, -0.15) is 0 Å². The lowest BCUT2D eigenvalue weighted by Crippen LogP contribution is -2.30. The molecule has 32 heavy (non-hydrogen) atoms. The van der Waals surface area contributed by atoms with Crippen LogP contribution in [-0.4, -0.2) is 41.0 Å². The van der Waals surface area contributed by atoms with Gasteiger partial charge in [-0.25, -0.2) is 21.1 Å². The van der Waals surface area contributed by atoms with Crippen molar-refractivity contribution in [3.8, 4) is 5.75 Å². The predicted octanol–water partition coefficient (Wildman–Crippen LogP) is 2.16. The Morgan fingerprint density at radius 2 is 1.88 bits per heavy atom. The molecule has 0 spiro atoms. The summed E-state index contributed by atoms with van der Waals surface area (Å²) in [7, 11) is -8.17. The van der Waals surface area contributed by atoms with Gasteiger partial charge in [0.05, 0.1) is 29.7 Å². The molecule has 2 aromatic rings. The van der Waals surface area contributed by atoms with Gasteiger partial charge in [0.1, 0.15) is 10.6 Å². The molecule has 12 heteroatoms. The van der Waals surface area contributed by atoms with E-state index < -0.39 is 31.9 Å². The molecule has 2 amide bonds. The Bertz CT molecular complexity index is 1270. The van der Waals surface area contributed by atoms with Crippen LogP contribution >= 0.6 is 0 Å². The number of sulfonamides is 2. The molecule has 0 aromatic heterocycles. The molecule has 3 rings (SSSR count). The van der Waals surface area contributed by atoms with Crippen molar-refractivity contribution in [2.75, 3.05) is 26.7 Å². The van der Waals surface area contributed by atoms with Crippen molar-refractivity contribution in [1.29, 1.82) is 0 Å². The highest BCUT2D eigenvalue weighted by Crippen LogP contribution is 2.35. The first-order valence-electron chi connectivity index (χ1n) is 9.69. The van der Waals surface area contributed by atoms with Gasteiger partial charge >= 0.3 is 0 Å². The number of rotatable bonds is 7. The van der Waals surface area contributed by atoms with Crippen LogP contribution in [0.5, 0.6) is 5.75 Å². The SMILES string of the molecule is CCOc1ccc(N2C(=O)C(C)CS2(=O)=O)cc1S(=O)(=O)Nc1cccc(NC(C)=O)c1. The monoisotopic (exact) mass is 481 g/mol. The minimum Gasteiger partial charge on any atom is -0.492 e. The van der Waals surface area contributed by atoms with E-state index in [1.165, 1.54) is 38.1 Å². The van der Waals surface area contributed by atoms with Gasteiger partial charge in [0.15, 0.2) is 0 Å². The highest BCUT2D eigenvalue weighted by Gasteiger charge is 2.42. The molecule has 1 fully saturated rings. The van der Waals surface area contributed by atoms with Crippen LogP contribution in [0.4, 0.5) is 17.1 Å². The average Bonchev–Trinajstić information content (AvgIpc) is 2.88. The number of hydrogen-bond donors (Lipinski definition) is 2. The lowest BCUT2D eigenvalue weighted by atomic mass is 10.2. The van der Waals surface area contributed by atoms with Gasteiger partial charge in [0, 0.05) is 12.6 Å². The third kappa shape index (κ3) is 4.86. The van der Waals surface area contributed by atoms with Crippen LogP contribution in [0.2, 0.25) is 0 Å². The first-order chi connectivity index (χ1) is 14.9. The fourth-order valence-electron chi connectivity index (χ4n) is 3.27. The molecule has 0 bridgehead atoms. The third-order valence-electron chi connectivity index (χ3n) is 4.55. The van der Waals surface area contributed by atoms with Crippen molar-refractivity contribution in [3.63, 3.8) is 0 Å².